The van der Waals surface area contributed by atoms with Gasteiger partial charge in [-0.1, -0.05) is 18.2 Å². The average Bonchev–Trinajstić information content (AvgIpc) is 2.46. The summed E-state index contributed by atoms with van der Waals surface area (Å²) in [7, 11) is 0. The Morgan fingerprint density at radius 2 is 1.95 bits per heavy atom. The minimum atomic E-state index is -0.287. The first kappa shape index (κ1) is 12.4. The van der Waals surface area contributed by atoms with Gasteiger partial charge in [0.2, 0.25) is 0 Å². The molecule has 0 radical (unpaired) electrons. The summed E-state index contributed by atoms with van der Waals surface area (Å²) in [6.45, 7) is 0.154. The molecule has 0 saturated carbocycles. The third-order valence-electron chi connectivity index (χ3n) is 3.10. The average molecular weight is 269 g/mol. The minimum absolute atomic E-state index is 0.136. The molecule has 3 rings (SSSR count). The molecule has 0 spiro atoms. The van der Waals surface area contributed by atoms with Crippen LogP contribution in [-0.2, 0) is 6.61 Å². The molecule has 100 valence electrons. The van der Waals surface area contributed by atoms with Gasteiger partial charge in [-0.05, 0) is 35.7 Å². The summed E-state index contributed by atoms with van der Waals surface area (Å²) in [6.07, 6.45) is 1.59. The van der Waals surface area contributed by atoms with Crippen LogP contribution < -0.4 is 10.3 Å². The second-order valence-corrected chi connectivity index (χ2v) is 4.44. The first-order valence-electron chi connectivity index (χ1n) is 6.22. The zero-order chi connectivity index (χ0) is 13.9. The van der Waals surface area contributed by atoms with Gasteiger partial charge in [-0.3, -0.25) is 4.79 Å². The summed E-state index contributed by atoms with van der Waals surface area (Å²) in [6, 6.07) is 13.5. The van der Waals surface area contributed by atoms with E-state index in [4.69, 9.17) is 4.74 Å². The molecule has 0 bridgehead atoms. The van der Waals surface area contributed by atoms with Crippen LogP contribution in [0.3, 0.4) is 0 Å². The highest BCUT2D eigenvalue weighted by Gasteiger charge is 2.03. The molecule has 0 fully saturated rings. The fourth-order valence-corrected chi connectivity index (χ4v) is 2.04. The lowest BCUT2D eigenvalue weighted by Gasteiger charge is -2.07. The summed E-state index contributed by atoms with van der Waals surface area (Å²) >= 11 is 0. The van der Waals surface area contributed by atoms with Crippen LogP contribution in [0.4, 0.5) is 4.39 Å². The van der Waals surface area contributed by atoms with Crippen LogP contribution in [0, 0.1) is 5.82 Å². The van der Waals surface area contributed by atoms with Gasteiger partial charge in [0, 0.05) is 17.1 Å². The number of benzene rings is 2. The first-order chi connectivity index (χ1) is 9.74. The van der Waals surface area contributed by atoms with Gasteiger partial charge >= 0.3 is 0 Å². The lowest BCUT2D eigenvalue weighted by molar-refractivity contribution is 0.300. The molecular weight excluding hydrogens is 257 g/mol. The molecule has 0 unspecified atom stereocenters. The fraction of sp³-hybridized carbons (Fsp3) is 0.0625. The molecule has 0 amide bonds. The van der Waals surface area contributed by atoms with E-state index in [9.17, 15) is 9.18 Å². The second-order valence-electron chi connectivity index (χ2n) is 4.44. The van der Waals surface area contributed by atoms with E-state index in [-0.39, 0.29) is 18.0 Å². The number of aromatic nitrogens is 1. The van der Waals surface area contributed by atoms with E-state index < -0.39 is 0 Å². The van der Waals surface area contributed by atoms with Crippen molar-refractivity contribution in [3.05, 3.63) is 76.5 Å². The number of fused-ring (bicyclic) bond motifs is 1. The van der Waals surface area contributed by atoms with Gasteiger partial charge in [0.1, 0.15) is 18.2 Å². The van der Waals surface area contributed by atoms with Crippen LogP contribution in [-0.4, -0.2) is 4.98 Å². The summed E-state index contributed by atoms with van der Waals surface area (Å²) in [5, 5.41) is 1.39. The largest absolute Gasteiger partial charge is 0.489 e. The Balaban J connectivity index is 1.85. The number of rotatable bonds is 3. The molecule has 0 aliphatic carbocycles. The van der Waals surface area contributed by atoms with Crippen molar-refractivity contribution in [2.45, 2.75) is 6.61 Å². The molecule has 1 aromatic heterocycles. The summed E-state index contributed by atoms with van der Waals surface area (Å²) in [4.78, 5) is 14.2. The van der Waals surface area contributed by atoms with Crippen LogP contribution in [0.25, 0.3) is 10.8 Å². The van der Waals surface area contributed by atoms with E-state index in [0.717, 1.165) is 5.39 Å². The van der Waals surface area contributed by atoms with Crippen molar-refractivity contribution in [2.75, 3.05) is 0 Å². The van der Waals surface area contributed by atoms with Crippen molar-refractivity contribution in [1.29, 1.82) is 0 Å². The monoisotopic (exact) mass is 269 g/mol. The van der Waals surface area contributed by atoms with E-state index in [0.29, 0.717) is 16.7 Å². The molecule has 0 saturated heterocycles. The first-order valence-corrected chi connectivity index (χ1v) is 6.22. The maximum absolute atomic E-state index is 13.5. The normalized spacial score (nSPS) is 10.7. The number of ether oxygens (including phenoxy) is 1. The van der Waals surface area contributed by atoms with E-state index >= 15 is 0 Å². The maximum Gasteiger partial charge on any atom is 0.255 e. The van der Waals surface area contributed by atoms with Crippen LogP contribution >= 0.6 is 0 Å². The Morgan fingerprint density at radius 1 is 1.10 bits per heavy atom. The van der Waals surface area contributed by atoms with Crippen LogP contribution in [0.5, 0.6) is 5.75 Å². The van der Waals surface area contributed by atoms with E-state index in [1.165, 1.54) is 6.07 Å². The molecule has 1 N–H and O–H groups in total. The molecule has 20 heavy (non-hydrogen) atoms. The number of halogens is 1. The molecule has 0 aliphatic heterocycles. The number of pyridine rings is 1. The van der Waals surface area contributed by atoms with Crippen LogP contribution in [0.1, 0.15) is 5.56 Å². The summed E-state index contributed by atoms with van der Waals surface area (Å²) < 4.78 is 19.0. The topological polar surface area (TPSA) is 42.1 Å². The SMILES string of the molecule is O=c1[nH]ccc2cc(OCc3ccccc3F)ccc12. The molecule has 0 aliphatic rings. The third kappa shape index (κ3) is 2.40. The third-order valence-corrected chi connectivity index (χ3v) is 3.10. The molecule has 3 nitrogen and oxygen atoms in total. The van der Waals surface area contributed by atoms with Crippen molar-refractivity contribution in [1.82, 2.24) is 4.98 Å². The van der Waals surface area contributed by atoms with Crippen molar-refractivity contribution in [3.63, 3.8) is 0 Å². The Labute approximate surface area is 114 Å². The Hall–Kier alpha value is -2.62. The zero-order valence-electron chi connectivity index (χ0n) is 10.6. The maximum atomic E-state index is 13.5. The predicted molar refractivity (Wildman–Crippen MR) is 75.3 cm³/mol. The van der Waals surface area contributed by atoms with Crippen molar-refractivity contribution < 1.29 is 9.13 Å². The van der Waals surface area contributed by atoms with Gasteiger partial charge in [-0.2, -0.15) is 0 Å². The molecule has 3 aromatic rings. The lowest BCUT2D eigenvalue weighted by Crippen LogP contribution is -2.04. The highest BCUT2D eigenvalue weighted by Crippen LogP contribution is 2.19. The van der Waals surface area contributed by atoms with Gasteiger partial charge < -0.3 is 9.72 Å². The quantitative estimate of drug-likeness (QED) is 0.793. The molecule has 2 aromatic carbocycles. The standard InChI is InChI=1S/C16H12FNO2/c17-15-4-2-1-3-12(15)10-20-13-5-6-14-11(9-13)7-8-18-16(14)19/h1-9H,10H2,(H,18,19). The van der Waals surface area contributed by atoms with Gasteiger partial charge in [0.25, 0.3) is 5.56 Å². The summed E-state index contributed by atoms with van der Waals surface area (Å²) in [5.74, 6) is 0.316. The number of hydrogen-bond acceptors (Lipinski definition) is 2. The second kappa shape index (κ2) is 5.17. The fourth-order valence-electron chi connectivity index (χ4n) is 2.04. The van der Waals surface area contributed by atoms with Crippen LogP contribution in [0.15, 0.2) is 59.5 Å². The van der Waals surface area contributed by atoms with E-state index in [1.54, 1.807) is 48.7 Å². The van der Waals surface area contributed by atoms with Gasteiger partial charge in [0.15, 0.2) is 0 Å². The van der Waals surface area contributed by atoms with E-state index in [2.05, 4.69) is 4.98 Å². The van der Waals surface area contributed by atoms with Crippen molar-refractivity contribution in [2.24, 2.45) is 0 Å². The number of hydrogen-bond donors (Lipinski definition) is 1. The van der Waals surface area contributed by atoms with Crippen molar-refractivity contribution >= 4 is 10.8 Å². The number of aromatic amines is 1. The zero-order valence-corrected chi connectivity index (χ0v) is 10.6. The number of H-pyrrole nitrogens is 1. The Kier molecular flexibility index (Phi) is 3.21. The molecule has 1 heterocycles. The Bertz CT molecular complexity index is 811. The smallest absolute Gasteiger partial charge is 0.255 e. The predicted octanol–water partition coefficient (Wildman–Crippen LogP) is 3.25. The van der Waals surface area contributed by atoms with Gasteiger partial charge in [-0.25, -0.2) is 4.39 Å². The highest BCUT2D eigenvalue weighted by atomic mass is 19.1. The lowest BCUT2D eigenvalue weighted by atomic mass is 10.1. The van der Waals surface area contributed by atoms with Gasteiger partial charge in [-0.15, -0.1) is 0 Å². The van der Waals surface area contributed by atoms with Crippen molar-refractivity contribution in [3.8, 4) is 5.75 Å². The molecule has 4 heteroatoms. The van der Waals surface area contributed by atoms with Gasteiger partial charge in [0.05, 0.1) is 0 Å². The molecular formula is C16H12FNO2. The Morgan fingerprint density at radius 3 is 2.80 bits per heavy atom. The molecule has 0 atom stereocenters. The van der Waals surface area contributed by atoms with E-state index in [1.807, 2.05) is 0 Å². The van der Waals surface area contributed by atoms with Crippen LogP contribution in [0.2, 0.25) is 0 Å². The minimum Gasteiger partial charge on any atom is -0.489 e. The highest BCUT2D eigenvalue weighted by molar-refractivity contribution is 5.82. The summed E-state index contributed by atoms with van der Waals surface area (Å²) in [5.41, 5.74) is 0.363. The number of nitrogens with one attached hydrogen (secondary N) is 1.